The standard InChI is InChI=1S/C9H5Cl2NO/c10-7-3-1-2-5-6(7)4-8(11)12-9(5)13/h1-4H,(H,12,13). The number of hydrogen-bond donors (Lipinski definition) is 1. The Hall–Kier alpha value is -0.990. The molecule has 1 aromatic heterocycles. The Morgan fingerprint density at radius 3 is 2.69 bits per heavy atom. The number of nitrogens with one attached hydrogen (secondary N) is 1. The summed E-state index contributed by atoms with van der Waals surface area (Å²) in [5.74, 6) is 0. The Balaban J connectivity index is 3.03. The number of benzene rings is 1. The van der Waals surface area contributed by atoms with Gasteiger partial charge in [0.2, 0.25) is 0 Å². The zero-order valence-corrected chi connectivity index (χ0v) is 7.99. The molecular formula is C9H5Cl2NO. The Morgan fingerprint density at radius 1 is 1.15 bits per heavy atom. The molecule has 1 aromatic carbocycles. The summed E-state index contributed by atoms with van der Waals surface area (Å²) in [6.07, 6.45) is 0. The van der Waals surface area contributed by atoms with Crippen LogP contribution in [0.1, 0.15) is 0 Å². The fraction of sp³-hybridized carbons (Fsp3) is 0. The van der Waals surface area contributed by atoms with Crippen molar-refractivity contribution in [2.45, 2.75) is 0 Å². The van der Waals surface area contributed by atoms with Crippen molar-refractivity contribution in [3.05, 3.63) is 44.8 Å². The van der Waals surface area contributed by atoms with Crippen molar-refractivity contribution in [1.29, 1.82) is 0 Å². The fourth-order valence-electron chi connectivity index (χ4n) is 1.22. The third-order valence-electron chi connectivity index (χ3n) is 1.80. The van der Waals surface area contributed by atoms with Gasteiger partial charge in [0, 0.05) is 15.8 Å². The van der Waals surface area contributed by atoms with Gasteiger partial charge in [0.25, 0.3) is 5.56 Å². The number of hydrogen-bond acceptors (Lipinski definition) is 1. The maximum absolute atomic E-state index is 11.4. The first-order valence-corrected chi connectivity index (χ1v) is 4.41. The van der Waals surface area contributed by atoms with E-state index in [1.165, 1.54) is 0 Å². The highest BCUT2D eigenvalue weighted by molar-refractivity contribution is 6.36. The van der Waals surface area contributed by atoms with E-state index in [2.05, 4.69) is 4.98 Å². The van der Waals surface area contributed by atoms with E-state index in [-0.39, 0.29) is 5.56 Å². The van der Waals surface area contributed by atoms with Crippen LogP contribution in [0.4, 0.5) is 0 Å². The molecule has 13 heavy (non-hydrogen) atoms. The summed E-state index contributed by atoms with van der Waals surface area (Å²) in [4.78, 5) is 13.8. The van der Waals surface area contributed by atoms with E-state index < -0.39 is 0 Å². The summed E-state index contributed by atoms with van der Waals surface area (Å²) in [7, 11) is 0. The van der Waals surface area contributed by atoms with Gasteiger partial charge in [-0.1, -0.05) is 29.3 Å². The zero-order chi connectivity index (χ0) is 9.42. The van der Waals surface area contributed by atoms with E-state index in [9.17, 15) is 4.79 Å². The maximum atomic E-state index is 11.4. The van der Waals surface area contributed by atoms with Gasteiger partial charge in [0.15, 0.2) is 0 Å². The number of halogens is 2. The van der Waals surface area contributed by atoms with Crippen LogP contribution in [0.15, 0.2) is 29.1 Å². The quantitative estimate of drug-likeness (QED) is 0.672. The van der Waals surface area contributed by atoms with Gasteiger partial charge in [-0.3, -0.25) is 4.79 Å². The lowest BCUT2D eigenvalue weighted by atomic mass is 10.2. The average Bonchev–Trinajstić information content (AvgIpc) is 2.07. The molecule has 4 heteroatoms. The molecule has 2 nitrogen and oxygen atoms in total. The predicted molar refractivity (Wildman–Crippen MR) is 54.6 cm³/mol. The lowest BCUT2D eigenvalue weighted by Gasteiger charge is -1.99. The van der Waals surface area contributed by atoms with Crippen LogP contribution in [0, 0.1) is 0 Å². The summed E-state index contributed by atoms with van der Waals surface area (Å²) in [5.41, 5.74) is -0.218. The van der Waals surface area contributed by atoms with E-state index in [0.29, 0.717) is 20.9 Å². The number of H-pyrrole nitrogens is 1. The number of fused-ring (bicyclic) bond motifs is 1. The van der Waals surface area contributed by atoms with Crippen molar-refractivity contribution >= 4 is 34.0 Å². The van der Waals surface area contributed by atoms with Crippen LogP contribution in [-0.2, 0) is 0 Å². The van der Waals surface area contributed by atoms with Crippen molar-refractivity contribution in [2.24, 2.45) is 0 Å². The van der Waals surface area contributed by atoms with Gasteiger partial charge >= 0.3 is 0 Å². The molecule has 0 aliphatic carbocycles. The highest BCUT2D eigenvalue weighted by Gasteiger charge is 2.02. The number of aromatic amines is 1. The lowest BCUT2D eigenvalue weighted by Crippen LogP contribution is -2.05. The molecule has 0 aliphatic heterocycles. The van der Waals surface area contributed by atoms with Crippen LogP contribution in [0.3, 0.4) is 0 Å². The van der Waals surface area contributed by atoms with Crippen LogP contribution < -0.4 is 5.56 Å². The van der Waals surface area contributed by atoms with E-state index in [1.54, 1.807) is 24.3 Å². The molecule has 2 rings (SSSR count). The molecule has 0 bridgehead atoms. The summed E-state index contributed by atoms with van der Waals surface area (Å²) in [6, 6.07) is 6.80. The Labute approximate surface area is 84.1 Å². The number of rotatable bonds is 0. The minimum absolute atomic E-state index is 0.218. The summed E-state index contributed by atoms with van der Waals surface area (Å²) in [6.45, 7) is 0. The van der Waals surface area contributed by atoms with E-state index >= 15 is 0 Å². The van der Waals surface area contributed by atoms with E-state index in [4.69, 9.17) is 23.2 Å². The maximum Gasteiger partial charge on any atom is 0.256 e. The van der Waals surface area contributed by atoms with Crippen LogP contribution >= 0.6 is 23.2 Å². The second-order valence-electron chi connectivity index (χ2n) is 2.65. The summed E-state index contributed by atoms with van der Waals surface area (Å²) < 4.78 is 0. The second kappa shape index (κ2) is 3.05. The smallest absolute Gasteiger partial charge is 0.256 e. The Morgan fingerprint density at radius 2 is 1.92 bits per heavy atom. The summed E-state index contributed by atoms with van der Waals surface area (Å²) >= 11 is 11.6. The van der Waals surface area contributed by atoms with Crippen LogP contribution in [-0.4, -0.2) is 4.98 Å². The van der Waals surface area contributed by atoms with Crippen molar-refractivity contribution in [3.63, 3.8) is 0 Å². The van der Waals surface area contributed by atoms with Gasteiger partial charge in [0.05, 0.1) is 0 Å². The minimum Gasteiger partial charge on any atom is -0.312 e. The van der Waals surface area contributed by atoms with Crippen molar-refractivity contribution in [3.8, 4) is 0 Å². The molecule has 0 saturated carbocycles. The van der Waals surface area contributed by atoms with Gasteiger partial charge in [-0.05, 0) is 18.2 Å². The third-order valence-corrected chi connectivity index (χ3v) is 2.33. The normalized spacial score (nSPS) is 10.6. The zero-order valence-electron chi connectivity index (χ0n) is 6.47. The summed E-state index contributed by atoms with van der Waals surface area (Å²) in [5, 5.41) is 2.06. The van der Waals surface area contributed by atoms with Crippen LogP contribution in [0.25, 0.3) is 10.8 Å². The van der Waals surface area contributed by atoms with Gasteiger partial charge in [-0.2, -0.15) is 0 Å². The first-order chi connectivity index (χ1) is 6.18. The molecule has 66 valence electrons. The van der Waals surface area contributed by atoms with Crippen molar-refractivity contribution in [2.75, 3.05) is 0 Å². The Kier molecular flexibility index (Phi) is 2.02. The van der Waals surface area contributed by atoms with Gasteiger partial charge in [-0.25, -0.2) is 0 Å². The predicted octanol–water partition coefficient (Wildman–Crippen LogP) is 2.83. The topological polar surface area (TPSA) is 32.9 Å². The fourth-order valence-corrected chi connectivity index (χ4v) is 1.64. The molecule has 0 amide bonds. The number of aromatic nitrogens is 1. The van der Waals surface area contributed by atoms with Crippen LogP contribution in [0.2, 0.25) is 10.2 Å². The first-order valence-electron chi connectivity index (χ1n) is 3.65. The Bertz CT molecular complexity index is 518. The first kappa shape index (κ1) is 8.60. The minimum atomic E-state index is -0.218. The average molecular weight is 214 g/mol. The molecule has 0 unspecified atom stereocenters. The molecule has 0 spiro atoms. The van der Waals surface area contributed by atoms with Gasteiger partial charge in [0.1, 0.15) is 5.15 Å². The molecule has 1 N–H and O–H groups in total. The molecule has 0 fully saturated rings. The van der Waals surface area contributed by atoms with E-state index in [0.717, 1.165) is 0 Å². The highest BCUT2D eigenvalue weighted by atomic mass is 35.5. The SMILES string of the molecule is O=c1[nH]c(Cl)cc2c(Cl)cccc12. The number of pyridine rings is 1. The molecule has 0 radical (unpaired) electrons. The van der Waals surface area contributed by atoms with Crippen molar-refractivity contribution in [1.82, 2.24) is 4.98 Å². The van der Waals surface area contributed by atoms with Gasteiger partial charge < -0.3 is 4.98 Å². The molecule has 0 saturated heterocycles. The lowest BCUT2D eigenvalue weighted by molar-refractivity contribution is 1.28. The van der Waals surface area contributed by atoms with Crippen molar-refractivity contribution < 1.29 is 0 Å². The molecule has 1 heterocycles. The van der Waals surface area contributed by atoms with Gasteiger partial charge in [-0.15, -0.1) is 0 Å². The second-order valence-corrected chi connectivity index (χ2v) is 3.46. The van der Waals surface area contributed by atoms with E-state index in [1.807, 2.05) is 0 Å². The third kappa shape index (κ3) is 1.43. The molecule has 0 atom stereocenters. The largest absolute Gasteiger partial charge is 0.312 e. The van der Waals surface area contributed by atoms with Crippen LogP contribution in [0.5, 0.6) is 0 Å². The highest BCUT2D eigenvalue weighted by Crippen LogP contribution is 2.22. The molecule has 0 aliphatic rings. The monoisotopic (exact) mass is 213 g/mol. The molecule has 2 aromatic rings. The molecular weight excluding hydrogens is 209 g/mol.